The number of methoxy groups -OCH3 is 1. The van der Waals surface area contributed by atoms with Crippen molar-refractivity contribution in [1.29, 1.82) is 0 Å². The first-order valence-corrected chi connectivity index (χ1v) is 9.10. The predicted molar refractivity (Wildman–Crippen MR) is 103 cm³/mol. The summed E-state index contributed by atoms with van der Waals surface area (Å²) in [6, 6.07) is 15.3. The average Bonchev–Trinajstić information content (AvgIpc) is 3.04. The maximum Gasteiger partial charge on any atom is 0.255 e. The largest absolute Gasteiger partial charge is 0.496 e. The van der Waals surface area contributed by atoms with Gasteiger partial charge >= 0.3 is 0 Å². The van der Waals surface area contributed by atoms with E-state index in [2.05, 4.69) is 22.9 Å². The molecule has 136 valence electrons. The number of amides is 1. The molecule has 0 saturated carbocycles. The van der Waals surface area contributed by atoms with Crippen molar-refractivity contribution in [3.8, 4) is 5.75 Å². The van der Waals surface area contributed by atoms with Crippen LogP contribution < -0.4 is 10.1 Å². The summed E-state index contributed by atoms with van der Waals surface area (Å²) in [5.74, 6) is 1.29. The Kier molecular flexibility index (Phi) is 5.89. The van der Waals surface area contributed by atoms with Gasteiger partial charge in [-0.25, -0.2) is 4.98 Å². The molecule has 0 spiro atoms. The number of carbonyl (C=O) groups is 1. The number of aryl methyl sites for hydroxylation is 1. The van der Waals surface area contributed by atoms with Gasteiger partial charge in [-0.3, -0.25) is 4.79 Å². The molecule has 3 rings (SSSR count). The molecular weight excluding hydrogens is 326 g/mol. The van der Waals surface area contributed by atoms with Crippen LogP contribution in [0.25, 0.3) is 11.0 Å². The number of benzene rings is 2. The van der Waals surface area contributed by atoms with Gasteiger partial charge in [-0.05, 0) is 30.7 Å². The lowest BCUT2D eigenvalue weighted by Crippen LogP contribution is -2.25. The Balaban J connectivity index is 1.79. The lowest BCUT2D eigenvalue weighted by atomic mass is 10.2. The molecule has 5 nitrogen and oxygen atoms in total. The molecule has 0 aliphatic heterocycles. The quantitative estimate of drug-likeness (QED) is 0.620. The van der Waals surface area contributed by atoms with E-state index < -0.39 is 0 Å². The minimum absolute atomic E-state index is 0.158. The van der Waals surface area contributed by atoms with Crippen LogP contribution >= 0.6 is 0 Å². The van der Waals surface area contributed by atoms with Crippen LogP contribution in [0.5, 0.6) is 5.75 Å². The lowest BCUT2D eigenvalue weighted by molar-refractivity contribution is 0.0946. The molecule has 1 heterocycles. The Labute approximate surface area is 154 Å². The van der Waals surface area contributed by atoms with Crippen molar-refractivity contribution in [3.05, 3.63) is 59.9 Å². The monoisotopic (exact) mass is 351 g/mol. The summed E-state index contributed by atoms with van der Waals surface area (Å²) in [7, 11) is 1.57. The minimum atomic E-state index is -0.158. The highest BCUT2D eigenvalue weighted by molar-refractivity contribution is 5.96. The van der Waals surface area contributed by atoms with Gasteiger partial charge in [0.15, 0.2) is 0 Å². The SMILES string of the molecule is CCCCCn1c(CNC(=O)c2ccccc2OC)nc2ccccc21. The Bertz CT molecular complexity index is 886. The predicted octanol–water partition coefficient (Wildman–Crippen LogP) is 4.17. The van der Waals surface area contributed by atoms with Gasteiger partial charge in [0.25, 0.3) is 5.91 Å². The fourth-order valence-corrected chi connectivity index (χ4v) is 3.12. The van der Waals surface area contributed by atoms with Gasteiger partial charge in [-0.2, -0.15) is 0 Å². The van der Waals surface area contributed by atoms with E-state index in [1.54, 1.807) is 19.2 Å². The van der Waals surface area contributed by atoms with Crippen molar-refractivity contribution >= 4 is 16.9 Å². The standard InChI is InChI=1S/C21H25N3O2/c1-3-4-9-14-24-18-12-7-6-11-17(18)23-20(24)15-22-21(25)16-10-5-8-13-19(16)26-2/h5-8,10-13H,3-4,9,14-15H2,1-2H3,(H,22,25). The summed E-state index contributed by atoms with van der Waals surface area (Å²) < 4.78 is 7.49. The van der Waals surface area contributed by atoms with Crippen molar-refractivity contribution in [2.24, 2.45) is 0 Å². The number of carbonyl (C=O) groups excluding carboxylic acids is 1. The number of rotatable bonds is 8. The van der Waals surface area contributed by atoms with Gasteiger partial charge < -0.3 is 14.6 Å². The number of ether oxygens (including phenoxy) is 1. The molecule has 0 unspecified atom stereocenters. The highest BCUT2D eigenvalue weighted by Crippen LogP contribution is 2.19. The van der Waals surface area contributed by atoms with Crippen molar-refractivity contribution in [2.75, 3.05) is 7.11 Å². The summed E-state index contributed by atoms with van der Waals surface area (Å²) >= 11 is 0. The zero-order valence-corrected chi connectivity index (χ0v) is 15.4. The van der Waals surface area contributed by atoms with E-state index in [-0.39, 0.29) is 5.91 Å². The molecule has 1 aromatic heterocycles. The Morgan fingerprint density at radius 3 is 2.69 bits per heavy atom. The summed E-state index contributed by atoms with van der Waals surface area (Å²) in [5, 5.41) is 2.98. The molecule has 5 heteroatoms. The highest BCUT2D eigenvalue weighted by Gasteiger charge is 2.14. The molecule has 0 bridgehead atoms. The third kappa shape index (κ3) is 3.87. The normalized spacial score (nSPS) is 10.8. The van der Waals surface area contributed by atoms with E-state index in [9.17, 15) is 4.79 Å². The number of imidazole rings is 1. The maximum atomic E-state index is 12.6. The van der Waals surface area contributed by atoms with Crippen molar-refractivity contribution in [2.45, 2.75) is 39.3 Å². The summed E-state index contributed by atoms with van der Waals surface area (Å²) in [5.41, 5.74) is 2.61. The van der Waals surface area contributed by atoms with Crippen LogP contribution in [-0.4, -0.2) is 22.6 Å². The molecule has 1 amide bonds. The zero-order valence-electron chi connectivity index (χ0n) is 15.4. The van der Waals surface area contributed by atoms with Gasteiger partial charge in [-0.1, -0.05) is 44.0 Å². The van der Waals surface area contributed by atoms with Crippen molar-refractivity contribution < 1.29 is 9.53 Å². The van der Waals surface area contributed by atoms with E-state index in [0.29, 0.717) is 17.9 Å². The molecule has 0 fully saturated rings. The number of hydrogen-bond donors (Lipinski definition) is 1. The molecule has 26 heavy (non-hydrogen) atoms. The number of fused-ring (bicyclic) bond motifs is 1. The van der Waals surface area contributed by atoms with Crippen LogP contribution in [0.2, 0.25) is 0 Å². The van der Waals surface area contributed by atoms with Crippen LogP contribution in [0.3, 0.4) is 0 Å². The molecule has 0 atom stereocenters. The highest BCUT2D eigenvalue weighted by atomic mass is 16.5. The van der Waals surface area contributed by atoms with E-state index in [1.165, 1.54) is 12.8 Å². The van der Waals surface area contributed by atoms with E-state index in [1.807, 2.05) is 30.3 Å². The molecule has 0 radical (unpaired) electrons. The second kappa shape index (κ2) is 8.52. The van der Waals surface area contributed by atoms with Crippen LogP contribution in [0.4, 0.5) is 0 Å². The van der Waals surface area contributed by atoms with Gasteiger partial charge in [0.1, 0.15) is 11.6 Å². The van der Waals surface area contributed by atoms with Gasteiger partial charge in [0.2, 0.25) is 0 Å². The topological polar surface area (TPSA) is 56.2 Å². The van der Waals surface area contributed by atoms with Crippen LogP contribution in [0, 0.1) is 0 Å². The summed E-state index contributed by atoms with van der Waals surface area (Å²) in [4.78, 5) is 17.3. The molecule has 0 saturated heterocycles. The van der Waals surface area contributed by atoms with E-state index in [4.69, 9.17) is 9.72 Å². The second-order valence-corrected chi connectivity index (χ2v) is 6.26. The molecular formula is C21H25N3O2. The first kappa shape index (κ1) is 18.0. The Morgan fingerprint density at radius 1 is 1.12 bits per heavy atom. The molecule has 0 aliphatic carbocycles. The lowest BCUT2D eigenvalue weighted by Gasteiger charge is -2.11. The molecule has 0 aliphatic rings. The number of nitrogens with one attached hydrogen (secondary N) is 1. The molecule has 3 aromatic rings. The van der Waals surface area contributed by atoms with E-state index >= 15 is 0 Å². The number of nitrogens with zero attached hydrogens (tertiary/aromatic N) is 2. The maximum absolute atomic E-state index is 12.6. The van der Waals surface area contributed by atoms with Crippen LogP contribution in [-0.2, 0) is 13.1 Å². The fraction of sp³-hybridized carbons (Fsp3) is 0.333. The van der Waals surface area contributed by atoms with Crippen LogP contribution in [0.1, 0.15) is 42.4 Å². The molecule has 2 aromatic carbocycles. The van der Waals surface area contributed by atoms with Crippen molar-refractivity contribution in [1.82, 2.24) is 14.9 Å². The number of unbranched alkanes of at least 4 members (excludes halogenated alkanes) is 2. The van der Waals surface area contributed by atoms with Gasteiger partial charge in [-0.15, -0.1) is 0 Å². The van der Waals surface area contributed by atoms with Gasteiger partial charge in [0.05, 0.1) is 30.3 Å². The first-order valence-electron chi connectivity index (χ1n) is 9.10. The van der Waals surface area contributed by atoms with Crippen molar-refractivity contribution in [3.63, 3.8) is 0 Å². The zero-order chi connectivity index (χ0) is 18.4. The number of para-hydroxylation sites is 3. The fourth-order valence-electron chi connectivity index (χ4n) is 3.12. The Morgan fingerprint density at radius 2 is 1.88 bits per heavy atom. The average molecular weight is 351 g/mol. The van der Waals surface area contributed by atoms with Crippen LogP contribution in [0.15, 0.2) is 48.5 Å². The summed E-state index contributed by atoms with van der Waals surface area (Å²) in [6.07, 6.45) is 3.45. The Hall–Kier alpha value is -2.82. The smallest absolute Gasteiger partial charge is 0.255 e. The molecule has 1 N–H and O–H groups in total. The third-order valence-corrected chi connectivity index (χ3v) is 4.48. The third-order valence-electron chi connectivity index (χ3n) is 4.48. The minimum Gasteiger partial charge on any atom is -0.496 e. The van der Waals surface area contributed by atoms with Gasteiger partial charge in [0, 0.05) is 6.54 Å². The summed E-state index contributed by atoms with van der Waals surface area (Å²) in [6.45, 7) is 3.49. The first-order chi connectivity index (χ1) is 12.7. The number of aromatic nitrogens is 2. The number of hydrogen-bond acceptors (Lipinski definition) is 3. The second-order valence-electron chi connectivity index (χ2n) is 6.26. The van der Waals surface area contributed by atoms with E-state index in [0.717, 1.165) is 29.8 Å².